The standard InChI is InChI=1S/C45H28N2O/c1-3-10-29(11-4-1)41-33-14-7-8-15-34(33)42(30-12-5-2-6-13-30)45-37-20-19-31(32-16-9-17-36(43(32)37)44(41)45)38-21-18-28(27-47-38)26-39-35-23-25-48-40(35)22-24-46-39/h1-25,27H,26H2. The van der Waals surface area contributed by atoms with Gasteiger partial charge in [0, 0.05) is 29.8 Å². The van der Waals surface area contributed by atoms with Gasteiger partial charge in [-0.15, -0.1) is 0 Å². The number of furan rings is 1. The van der Waals surface area contributed by atoms with E-state index in [0.29, 0.717) is 6.42 Å². The van der Waals surface area contributed by atoms with Crippen molar-refractivity contribution in [1.82, 2.24) is 9.97 Å². The lowest BCUT2D eigenvalue weighted by Gasteiger charge is -2.20. The van der Waals surface area contributed by atoms with Crippen molar-refractivity contribution in [3.8, 4) is 55.8 Å². The highest BCUT2D eigenvalue weighted by molar-refractivity contribution is 6.28. The van der Waals surface area contributed by atoms with Crippen molar-refractivity contribution >= 4 is 32.5 Å². The van der Waals surface area contributed by atoms with Gasteiger partial charge in [0.2, 0.25) is 0 Å². The molecule has 48 heavy (non-hydrogen) atoms. The van der Waals surface area contributed by atoms with E-state index in [0.717, 1.165) is 33.5 Å². The molecule has 0 unspecified atom stereocenters. The summed E-state index contributed by atoms with van der Waals surface area (Å²) >= 11 is 0. The smallest absolute Gasteiger partial charge is 0.137 e. The number of aromatic nitrogens is 2. The molecule has 0 atom stereocenters. The Balaban J connectivity index is 1.19. The van der Waals surface area contributed by atoms with Gasteiger partial charge in [0.05, 0.1) is 17.7 Å². The van der Waals surface area contributed by atoms with Gasteiger partial charge in [-0.1, -0.05) is 121 Å². The van der Waals surface area contributed by atoms with Crippen molar-refractivity contribution in [3.63, 3.8) is 0 Å². The third-order valence-electron chi connectivity index (χ3n) is 9.85. The first kappa shape index (κ1) is 26.9. The quantitative estimate of drug-likeness (QED) is 0.194. The van der Waals surface area contributed by atoms with Crippen molar-refractivity contribution < 1.29 is 4.42 Å². The minimum absolute atomic E-state index is 0.696. The first-order valence-corrected chi connectivity index (χ1v) is 16.4. The van der Waals surface area contributed by atoms with Crippen molar-refractivity contribution in [2.45, 2.75) is 6.42 Å². The number of fused-ring (bicyclic) bond motifs is 5. The highest BCUT2D eigenvalue weighted by atomic mass is 16.3. The molecule has 10 rings (SSSR count). The van der Waals surface area contributed by atoms with Gasteiger partial charge in [-0.2, -0.15) is 0 Å². The molecule has 0 aliphatic heterocycles. The summed E-state index contributed by atoms with van der Waals surface area (Å²) in [5.41, 5.74) is 15.3. The average molecular weight is 613 g/mol. The Bertz CT molecular complexity index is 2580. The fourth-order valence-corrected chi connectivity index (χ4v) is 7.81. The average Bonchev–Trinajstić information content (AvgIpc) is 3.77. The van der Waals surface area contributed by atoms with E-state index >= 15 is 0 Å². The zero-order valence-corrected chi connectivity index (χ0v) is 26.0. The molecule has 1 aliphatic carbocycles. The maximum absolute atomic E-state index is 5.59. The summed E-state index contributed by atoms with van der Waals surface area (Å²) in [5, 5.41) is 6.09. The Hall–Kier alpha value is -6.32. The van der Waals surface area contributed by atoms with E-state index in [-0.39, 0.29) is 0 Å². The number of rotatable bonds is 5. The molecule has 0 spiro atoms. The predicted octanol–water partition coefficient (Wildman–Crippen LogP) is 11.8. The van der Waals surface area contributed by atoms with E-state index in [1.807, 2.05) is 24.5 Å². The zero-order chi connectivity index (χ0) is 31.6. The molecular weight excluding hydrogens is 585 g/mol. The van der Waals surface area contributed by atoms with Crippen LogP contribution in [0.3, 0.4) is 0 Å². The van der Waals surface area contributed by atoms with Crippen LogP contribution >= 0.6 is 0 Å². The highest BCUT2D eigenvalue weighted by Crippen LogP contribution is 2.58. The van der Waals surface area contributed by atoms with Crippen molar-refractivity contribution in [2.24, 2.45) is 0 Å². The summed E-state index contributed by atoms with van der Waals surface area (Å²) in [6, 6.07) is 50.2. The molecule has 6 aromatic carbocycles. The Morgan fingerprint density at radius 2 is 1.10 bits per heavy atom. The zero-order valence-electron chi connectivity index (χ0n) is 26.0. The number of pyridine rings is 2. The van der Waals surface area contributed by atoms with Crippen LogP contribution in [0.25, 0.3) is 88.3 Å². The molecule has 0 amide bonds. The van der Waals surface area contributed by atoms with Gasteiger partial charge < -0.3 is 4.42 Å². The number of nitrogens with zero attached hydrogens (tertiary/aromatic N) is 2. The molecule has 0 N–H and O–H groups in total. The third-order valence-corrected chi connectivity index (χ3v) is 9.85. The molecule has 0 radical (unpaired) electrons. The molecule has 1 aliphatic rings. The fraction of sp³-hybridized carbons (Fsp3) is 0.0222. The van der Waals surface area contributed by atoms with Crippen LogP contribution in [0.2, 0.25) is 0 Å². The van der Waals surface area contributed by atoms with Gasteiger partial charge in [-0.3, -0.25) is 9.97 Å². The van der Waals surface area contributed by atoms with Crippen LogP contribution in [0.15, 0.2) is 163 Å². The molecule has 0 fully saturated rings. The molecule has 3 heterocycles. The fourth-order valence-electron chi connectivity index (χ4n) is 7.81. The second-order valence-corrected chi connectivity index (χ2v) is 12.5. The van der Waals surface area contributed by atoms with Gasteiger partial charge >= 0.3 is 0 Å². The van der Waals surface area contributed by atoms with Gasteiger partial charge in [-0.25, -0.2) is 0 Å². The molecule has 3 nitrogen and oxygen atoms in total. The van der Waals surface area contributed by atoms with Gasteiger partial charge in [-0.05, 0) is 89.8 Å². The van der Waals surface area contributed by atoms with Crippen LogP contribution in [0.1, 0.15) is 11.3 Å². The molecule has 3 aromatic heterocycles. The maximum Gasteiger partial charge on any atom is 0.137 e. The van der Waals surface area contributed by atoms with Crippen LogP contribution in [0, 0.1) is 0 Å². The Labute approximate surface area is 277 Å². The summed E-state index contributed by atoms with van der Waals surface area (Å²) in [5.74, 6) is 0. The Kier molecular flexibility index (Phi) is 5.94. The van der Waals surface area contributed by atoms with Crippen LogP contribution in [0.5, 0.6) is 0 Å². The van der Waals surface area contributed by atoms with E-state index in [4.69, 9.17) is 9.40 Å². The minimum atomic E-state index is 0.696. The van der Waals surface area contributed by atoms with Crippen molar-refractivity contribution in [2.75, 3.05) is 0 Å². The lowest BCUT2D eigenvalue weighted by Crippen LogP contribution is -1.94. The minimum Gasteiger partial charge on any atom is -0.464 e. The topological polar surface area (TPSA) is 38.9 Å². The summed E-state index contributed by atoms with van der Waals surface area (Å²) in [6.45, 7) is 0. The Morgan fingerprint density at radius 3 is 1.79 bits per heavy atom. The Morgan fingerprint density at radius 1 is 0.458 bits per heavy atom. The van der Waals surface area contributed by atoms with Gasteiger partial charge in [0.1, 0.15) is 5.58 Å². The SMILES string of the molecule is c1ccc(-c2c3c(c(-c4ccccc4)c4ccccc24)-c2ccc(-c4ccc(Cc5nccc6occc56)cn4)c4cccc-3c24)cc1. The summed E-state index contributed by atoms with van der Waals surface area (Å²) in [7, 11) is 0. The molecule has 224 valence electrons. The summed E-state index contributed by atoms with van der Waals surface area (Å²) < 4.78 is 5.59. The van der Waals surface area contributed by atoms with Gasteiger partial charge in [0.15, 0.2) is 0 Å². The van der Waals surface area contributed by atoms with E-state index < -0.39 is 0 Å². The highest BCUT2D eigenvalue weighted by Gasteiger charge is 2.31. The molecular formula is C45H28N2O. The predicted molar refractivity (Wildman–Crippen MR) is 197 cm³/mol. The van der Waals surface area contributed by atoms with Crippen LogP contribution < -0.4 is 0 Å². The molecule has 9 aromatic rings. The first-order chi connectivity index (χ1) is 23.8. The van der Waals surface area contributed by atoms with Crippen molar-refractivity contribution in [3.05, 3.63) is 169 Å². The number of hydrogen-bond donors (Lipinski definition) is 0. The number of benzene rings is 6. The number of hydrogen-bond acceptors (Lipinski definition) is 3. The maximum atomic E-state index is 5.59. The first-order valence-electron chi connectivity index (χ1n) is 16.4. The molecule has 0 saturated carbocycles. The lowest BCUT2D eigenvalue weighted by molar-refractivity contribution is 0.615. The van der Waals surface area contributed by atoms with E-state index in [2.05, 4.69) is 132 Å². The van der Waals surface area contributed by atoms with Gasteiger partial charge in [0.25, 0.3) is 0 Å². The molecule has 0 saturated heterocycles. The molecule has 3 heteroatoms. The lowest BCUT2D eigenvalue weighted by atomic mass is 9.82. The second-order valence-electron chi connectivity index (χ2n) is 12.5. The summed E-state index contributed by atoms with van der Waals surface area (Å²) in [4.78, 5) is 9.65. The van der Waals surface area contributed by atoms with Crippen LogP contribution in [0.4, 0.5) is 0 Å². The van der Waals surface area contributed by atoms with Crippen molar-refractivity contribution in [1.29, 1.82) is 0 Å². The largest absolute Gasteiger partial charge is 0.464 e. The summed E-state index contributed by atoms with van der Waals surface area (Å²) in [6.07, 6.45) is 6.21. The molecule has 0 bridgehead atoms. The monoisotopic (exact) mass is 612 g/mol. The normalized spacial score (nSPS) is 11.8. The van der Waals surface area contributed by atoms with Crippen LogP contribution in [-0.4, -0.2) is 9.97 Å². The second kappa shape index (κ2) is 10.6. The van der Waals surface area contributed by atoms with Crippen LogP contribution in [-0.2, 0) is 6.42 Å². The van der Waals surface area contributed by atoms with E-state index in [9.17, 15) is 0 Å². The van der Waals surface area contributed by atoms with E-state index in [1.54, 1.807) is 6.26 Å². The van der Waals surface area contributed by atoms with E-state index in [1.165, 1.54) is 66.1 Å². The third kappa shape index (κ3) is 4.01.